The van der Waals surface area contributed by atoms with Crippen LogP contribution in [0.2, 0.25) is 5.02 Å². The molecule has 1 aliphatic heterocycles. The Morgan fingerprint density at radius 3 is 2.68 bits per heavy atom. The van der Waals surface area contributed by atoms with Gasteiger partial charge in [0.05, 0.1) is 11.4 Å². The van der Waals surface area contributed by atoms with Crippen LogP contribution in [0, 0.1) is 0 Å². The Bertz CT molecular complexity index is 1190. The molecule has 8 nitrogen and oxygen atoms in total. The van der Waals surface area contributed by atoms with Crippen LogP contribution in [0.25, 0.3) is 11.4 Å². The minimum Gasteiger partial charge on any atom is -0.473 e. The topological polar surface area (TPSA) is 98.4 Å². The number of alkyl halides is 3. The number of sulfonamides is 1. The molecular formula is C18H14ClF3N4O4S. The third kappa shape index (κ3) is 4.65. The summed E-state index contributed by atoms with van der Waals surface area (Å²) in [5.74, 6) is -1.52. The number of rotatable bonds is 5. The molecule has 1 aromatic carbocycles. The molecule has 0 bridgehead atoms. The predicted octanol–water partition coefficient (Wildman–Crippen LogP) is 3.65. The molecule has 0 saturated carbocycles. The number of ether oxygens (including phenoxy) is 1. The zero-order valence-corrected chi connectivity index (χ0v) is 17.2. The summed E-state index contributed by atoms with van der Waals surface area (Å²) in [5.41, 5.74) is 0.211. The van der Waals surface area contributed by atoms with Gasteiger partial charge in [0.25, 0.3) is 0 Å². The lowest BCUT2D eigenvalue weighted by atomic mass is 10.2. The van der Waals surface area contributed by atoms with Crippen molar-refractivity contribution in [3.63, 3.8) is 0 Å². The van der Waals surface area contributed by atoms with E-state index in [1.807, 2.05) is 0 Å². The standard InChI is InChI=1S/C18H14ClF3N4O4S/c19-12-2-1-3-14(8-12)31(27,28)26-7-6-13(10-26)29-15-5-4-11(9-23-15)16-24-17(30-25-16)18(20,21)22/h1-5,8-9,13H,6-7,10H2/t13-/m0/s1. The number of aromatic nitrogens is 3. The molecule has 4 rings (SSSR count). The van der Waals surface area contributed by atoms with Crippen molar-refractivity contribution >= 4 is 21.6 Å². The molecule has 0 spiro atoms. The Hall–Kier alpha value is -2.70. The van der Waals surface area contributed by atoms with Crippen LogP contribution in [0.1, 0.15) is 12.3 Å². The van der Waals surface area contributed by atoms with Gasteiger partial charge in [-0.2, -0.15) is 22.5 Å². The van der Waals surface area contributed by atoms with Crippen LogP contribution < -0.4 is 4.74 Å². The molecule has 0 N–H and O–H groups in total. The maximum atomic E-state index is 12.8. The second-order valence-corrected chi connectivity index (χ2v) is 9.03. The molecule has 0 aliphatic carbocycles. The first-order valence-electron chi connectivity index (χ1n) is 8.92. The van der Waals surface area contributed by atoms with Crippen LogP contribution in [0.15, 0.2) is 52.0 Å². The number of pyridine rings is 1. The first kappa shape index (κ1) is 21.5. The van der Waals surface area contributed by atoms with Crippen LogP contribution >= 0.6 is 11.6 Å². The second kappa shape index (κ2) is 8.09. The lowest BCUT2D eigenvalue weighted by Crippen LogP contribution is -2.31. The highest BCUT2D eigenvalue weighted by Crippen LogP contribution is 2.30. The maximum absolute atomic E-state index is 12.8. The smallest absolute Gasteiger partial charge is 0.471 e. The van der Waals surface area contributed by atoms with Crippen LogP contribution in [-0.4, -0.2) is 47.0 Å². The van der Waals surface area contributed by atoms with Crippen molar-refractivity contribution in [2.75, 3.05) is 13.1 Å². The molecule has 13 heteroatoms. The quantitative estimate of drug-likeness (QED) is 0.556. The van der Waals surface area contributed by atoms with Gasteiger partial charge in [0.1, 0.15) is 6.10 Å². The summed E-state index contributed by atoms with van der Waals surface area (Å²) >= 11 is 5.89. The Balaban J connectivity index is 1.41. The minimum absolute atomic E-state index is 0.0986. The lowest BCUT2D eigenvalue weighted by molar-refractivity contribution is -0.159. The highest BCUT2D eigenvalue weighted by molar-refractivity contribution is 7.89. The van der Waals surface area contributed by atoms with Crippen molar-refractivity contribution in [3.05, 3.63) is 53.5 Å². The Kier molecular flexibility index (Phi) is 5.62. The molecule has 0 unspecified atom stereocenters. The average Bonchev–Trinajstić information content (AvgIpc) is 3.38. The summed E-state index contributed by atoms with van der Waals surface area (Å²) in [6.07, 6.45) is -3.48. The lowest BCUT2D eigenvalue weighted by Gasteiger charge is -2.17. The van der Waals surface area contributed by atoms with Gasteiger partial charge in [-0.05, 0) is 30.7 Å². The first-order valence-corrected chi connectivity index (χ1v) is 10.7. The molecular weight excluding hydrogens is 461 g/mol. The number of nitrogens with zero attached hydrogens (tertiary/aromatic N) is 4. The van der Waals surface area contributed by atoms with E-state index in [0.29, 0.717) is 11.4 Å². The largest absolute Gasteiger partial charge is 0.473 e. The van der Waals surface area contributed by atoms with Gasteiger partial charge in [-0.15, -0.1) is 0 Å². The number of halogens is 4. The highest BCUT2D eigenvalue weighted by Gasteiger charge is 2.38. The van der Waals surface area contributed by atoms with Gasteiger partial charge in [0.2, 0.25) is 21.7 Å². The molecule has 1 saturated heterocycles. The zero-order valence-electron chi connectivity index (χ0n) is 15.6. The van der Waals surface area contributed by atoms with Gasteiger partial charge in [-0.25, -0.2) is 13.4 Å². The number of hydrogen-bond acceptors (Lipinski definition) is 7. The first-order chi connectivity index (χ1) is 14.6. The van der Waals surface area contributed by atoms with Crippen LogP contribution in [0.3, 0.4) is 0 Å². The van der Waals surface area contributed by atoms with Crippen LogP contribution in [-0.2, 0) is 16.2 Å². The van der Waals surface area contributed by atoms with Crippen molar-refractivity contribution in [1.82, 2.24) is 19.4 Å². The van der Waals surface area contributed by atoms with Crippen LogP contribution in [0.4, 0.5) is 13.2 Å². The monoisotopic (exact) mass is 474 g/mol. The summed E-state index contributed by atoms with van der Waals surface area (Å²) in [7, 11) is -3.71. The minimum atomic E-state index is -4.73. The molecule has 0 amide bonds. The molecule has 164 valence electrons. The summed E-state index contributed by atoms with van der Waals surface area (Å²) in [6, 6.07) is 8.87. The fourth-order valence-corrected chi connectivity index (χ4v) is 4.79. The van der Waals surface area contributed by atoms with E-state index in [0.717, 1.165) is 0 Å². The maximum Gasteiger partial charge on any atom is 0.471 e. The van der Waals surface area contributed by atoms with E-state index >= 15 is 0 Å². The molecule has 1 aliphatic rings. The van der Waals surface area contributed by atoms with E-state index in [2.05, 4.69) is 19.6 Å². The Morgan fingerprint density at radius 1 is 1.23 bits per heavy atom. The molecule has 3 aromatic rings. The molecule has 0 radical (unpaired) electrons. The fraction of sp³-hybridized carbons (Fsp3) is 0.278. The molecule has 31 heavy (non-hydrogen) atoms. The zero-order chi connectivity index (χ0) is 22.2. The predicted molar refractivity (Wildman–Crippen MR) is 102 cm³/mol. The van der Waals surface area contributed by atoms with Gasteiger partial charge in [-0.3, -0.25) is 0 Å². The van der Waals surface area contributed by atoms with E-state index in [9.17, 15) is 21.6 Å². The van der Waals surface area contributed by atoms with E-state index in [4.69, 9.17) is 16.3 Å². The van der Waals surface area contributed by atoms with Gasteiger partial charge < -0.3 is 9.26 Å². The van der Waals surface area contributed by atoms with Crippen molar-refractivity contribution in [2.24, 2.45) is 0 Å². The van der Waals surface area contributed by atoms with Crippen molar-refractivity contribution in [3.8, 4) is 17.3 Å². The highest BCUT2D eigenvalue weighted by atomic mass is 35.5. The van der Waals surface area contributed by atoms with Gasteiger partial charge in [-0.1, -0.05) is 22.8 Å². The number of hydrogen-bond donors (Lipinski definition) is 0. The normalized spacial score (nSPS) is 17.7. The third-order valence-corrected chi connectivity index (χ3v) is 6.59. The van der Waals surface area contributed by atoms with E-state index in [1.165, 1.54) is 34.8 Å². The number of benzene rings is 1. The molecule has 1 atom stereocenters. The SMILES string of the molecule is O=S(=O)(c1cccc(Cl)c1)N1CC[C@H](Oc2ccc(-c3noc(C(F)(F)F)n3)cn2)C1. The van der Waals surface area contributed by atoms with E-state index < -0.39 is 28.2 Å². The van der Waals surface area contributed by atoms with E-state index in [1.54, 1.807) is 12.1 Å². The van der Waals surface area contributed by atoms with Gasteiger partial charge in [0.15, 0.2) is 0 Å². The van der Waals surface area contributed by atoms with Crippen molar-refractivity contribution < 1.29 is 30.8 Å². The Labute approximate surface area is 179 Å². The van der Waals surface area contributed by atoms with Gasteiger partial charge in [0, 0.05) is 29.4 Å². The van der Waals surface area contributed by atoms with E-state index in [-0.39, 0.29) is 35.3 Å². The third-order valence-electron chi connectivity index (χ3n) is 4.49. The summed E-state index contributed by atoms with van der Waals surface area (Å²) in [4.78, 5) is 7.43. The van der Waals surface area contributed by atoms with Crippen molar-refractivity contribution in [2.45, 2.75) is 23.6 Å². The van der Waals surface area contributed by atoms with Gasteiger partial charge >= 0.3 is 12.1 Å². The molecule has 3 heterocycles. The molecule has 1 fully saturated rings. The average molecular weight is 475 g/mol. The summed E-state index contributed by atoms with van der Waals surface area (Å²) < 4.78 is 74.4. The fourth-order valence-electron chi connectivity index (χ4n) is 3.00. The van der Waals surface area contributed by atoms with Crippen molar-refractivity contribution in [1.29, 1.82) is 0 Å². The van der Waals surface area contributed by atoms with Crippen LogP contribution in [0.5, 0.6) is 5.88 Å². The second-order valence-electron chi connectivity index (χ2n) is 6.65. The summed E-state index contributed by atoms with van der Waals surface area (Å²) in [6.45, 7) is 0.388. The molecule has 2 aromatic heterocycles. The Morgan fingerprint density at radius 2 is 2.03 bits per heavy atom. The summed E-state index contributed by atoms with van der Waals surface area (Å²) in [5, 5.41) is 3.61.